The Morgan fingerprint density at radius 1 is 1.48 bits per heavy atom. The third-order valence-corrected chi connectivity index (χ3v) is 4.62. The summed E-state index contributed by atoms with van der Waals surface area (Å²) in [5.74, 6) is -0.608. The normalized spacial score (nSPS) is 20.5. The maximum atomic E-state index is 14.4. The number of ether oxygens (including phenoxy) is 1. The maximum absolute atomic E-state index is 14.4. The fraction of sp³-hybridized carbons (Fsp3) is 0.500. The van der Waals surface area contributed by atoms with Crippen LogP contribution in [0.1, 0.15) is 44.0 Å². The molecule has 1 aromatic carbocycles. The van der Waals surface area contributed by atoms with Crippen LogP contribution in [0.25, 0.3) is 10.9 Å². The first-order valence-corrected chi connectivity index (χ1v) is 8.18. The molecule has 1 aromatic heterocycles. The molecule has 0 bridgehead atoms. The average molecular weight is 319 g/mol. The summed E-state index contributed by atoms with van der Waals surface area (Å²) in [7, 11) is 0. The van der Waals surface area contributed by atoms with Crippen LogP contribution in [-0.4, -0.2) is 28.4 Å². The molecule has 0 saturated heterocycles. The van der Waals surface area contributed by atoms with Gasteiger partial charge >= 0.3 is 5.97 Å². The molecular weight excluding hydrogens is 297 g/mol. The van der Waals surface area contributed by atoms with Gasteiger partial charge in [0.2, 0.25) is 0 Å². The smallest absolute Gasteiger partial charge is 0.310 e. The molecule has 5 heteroatoms. The lowest BCUT2D eigenvalue weighted by molar-refractivity contribution is -0.142. The van der Waals surface area contributed by atoms with Crippen LogP contribution in [-0.2, 0) is 22.4 Å². The SMILES string of the molecule is CCCOC(=O)Cc1c2n(c3c(F)cccc13)C(C)C(O)CC2. The van der Waals surface area contributed by atoms with Crippen molar-refractivity contribution in [1.82, 2.24) is 4.57 Å². The topological polar surface area (TPSA) is 51.5 Å². The minimum Gasteiger partial charge on any atom is -0.465 e. The number of fused-ring (bicyclic) bond motifs is 3. The number of aliphatic hydroxyl groups is 1. The van der Waals surface area contributed by atoms with Crippen LogP contribution in [0, 0.1) is 5.82 Å². The zero-order chi connectivity index (χ0) is 16.6. The molecule has 1 aliphatic heterocycles. The average Bonchev–Trinajstić information content (AvgIpc) is 2.85. The highest BCUT2D eigenvalue weighted by molar-refractivity contribution is 5.90. The van der Waals surface area contributed by atoms with E-state index in [9.17, 15) is 14.3 Å². The number of aliphatic hydroxyl groups excluding tert-OH is 1. The van der Waals surface area contributed by atoms with Crippen LogP contribution in [0.2, 0.25) is 0 Å². The molecule has 2 aromatic rings. The Morgan fingerprint density at radius 3 is 3.00 bits per heavy atom. The number of halogens is 1. The number of para-hydroxylation sites is 1. The van der Waals surface area contributed by atoms with Crippen LogP contribution in [0.3, 0.4) is 0 Å². The predicted octanol–water partition coefficient (Wildman–Crippen LogP) is 3.14. The Labute approximate surface area is 134 Å². The molecule has 0 spiro atoms. The summed E-state index contributed by atoms with van der Waals surface area (Å²) in [6.45, 7) is 4.23. The van der Waals surface area contributed by atoms with Crippen LogP contribution < -0.4 is 0 Å². The number of esters is 1. The van der Waals surface area contributed by atoms with E-state index >= 15 is 0 Å². The van der Waals surface area contributed by atoms with Gasteiger partial charge in [0.25, 0.3) is 0 Å². The third-order valence-electron chi connectivity index (χ3n) is 4.62. The zero-order valence-electron chi connectivity index (χ0n) is 13.5. The fourth-order valence-electron chi connectivity index (χ4n) is 3.47. The van der Waals surface area contributed by atoms with Crippen LogP contribution in [0.15, 0.2) is 18.2 Å². The summed E-state index contributed by atoms with van der Waals surface area (Å²) in [4.78, 5) is 12.1. The first-order chi connectivity index (χ1) is 11.0. The van der Waals surface area contributed by atoms with Gasteiger partial charge in [0.05, 0.1) is 30.7 Å². The first-order valence-electron chi connectivity index (χ1n) is 8.18. The van der Waals surface area contributed by atoms with Gasteiger partial charge in [0, 0.05) is 11.1 Å². The minimum atomic E-state index is -0.502. The van der Waals surface area contributed by atoms with Crippen molar-refractivity contribution in [1.29, 1.82) is 0 Å². The summed E-state index contributed by atoms with van der Waals surface area (Å²) in [6, 6.07) is 4.71. The molecule has 2 atom stereocenters. The maximum Gasteiger partial charge on any atom is 0.310 e. The molecule has 124 valence electrons. The second-order valence-corrected chi connectivity index (χ2v) is 6.18. The molecule has 0 aliphatic carbocycles. The van der Waals surface area contributed by atoms with Crippen LogP contribution in [0.5, 0.6) is 0 Å². The van der Waals surface area contributed by atoms with Gasteiger partial charge in [0.15, 0.2) is 0 Å². The van der Waals surface area contributed by atoms with E-state index in [0.29, 0.717) is 25.0 Å². The minimum absolute atomic E-state index is 0.144. The van der Waals surface area contributed by atoms with Crippen molar-refractivity contribution in [2.45, 2.75) is 51.7 Å². The van der Waals surface area contributed by atoms with Gasteiger partial charge < -0.3 is 14.4 Å². The molecule has 1 N–H and O–H groups in total. The lowest BCUT2D eigenvalue weighted by Crippen LogP contribution is -2.29. The molecule has 0 saturated carbocycles. The van der Waals surface area contributed by atoms with Gasteiger partial charge in [-0.2, -0.15) is 0 Å². The number of rotatable bonds is 4. The van der Waals surface area contributed by atoms with E-state index < -0.39 is 6.10 Å². The monoisotopic (exact) mass is 319 g/mol. The number of hydrogen-bond acceptors (Lipinski definition) is 3. The highest BCUT2D eigenvalue weighted by atomic mass is 19.1. The second-order valence-electron chi connectivity index (χ2n) is 6.18. The first kappa shape index (κ1) is 16.0. The standard InChI is InChI=1S/C18H22FNO3/c1-3-9-23-17(22)10-13-12-5-4-6-14(19)18(12)20-11(2)16(21)8-7-15(13)20/h4-6,11,16,21H,3,7-10H2,1-2H3. The highest BCUT2D eigenvalue weighted by Gasteiger charge is 2.31. The van der Waals surface area contributed by atoms with E-state index in [2.05, 4.69) is 0 Å². The number of nitrogens with zero attached hydrogens (tertiary/aromatic N) is 1. The molecule has 2 unspecified atom stereocenters. The van der Waals surface area contributed by atoms with Crippen molar-refractivity contribution in [3.8, 4) is 0 Å². The van der Waals surface area contributed by atoms with Crippen molar-refractivity contribution in [2.24, 2.45) is 0 Å². The Balaban J connectivity index is 2.11. The van der Waals surface area contributed by atoms with Gasteiger partial charge in [-0.25, -0.2) is 4.39 Å². The number of aromatic nitrogens is 1. The van der Waals surface area contributed by atoms with E-state index in [1.165, 1.54) is 6.07 Å². The van der Waals surface area contributed by atoms with Crippen molar-refractivity contribution in [2.75, 3.05) is 6.61 Å². The van der Waals surface area contributed by atoms with Crippen molar-refractivity contribution >= 4 is 16.9 Å². The quantitative estimate of drug-likeness (QED) is 0.881. The summed E-state index contributed by atoms with van der Waals surface area (Å²) in [5, 5.41) is 10.9. The molecule has 1 aliphatic rings. The zero-order valence-corrected chi connectivity index (χ0v) is 13.5. The summed E-state index contributed by atoms with van der Waals surface area (Å²) >= 11 is 0. The van der Waals surface area contributed by atoms with Gasteiger partial charge in [-0.15, -0.1) is 0 Å². The molecule has 3 rings (SSSR count). The molecule has 2 heterocycles. The van der Waals surface area contributed by atoms with Gasteiger partial charge in [-0.3, -0.25) is 4.79 Å². The number of benzene rings is 1. The van der Waals surface area contributed by atoms with E-state index in [1.54, 1.807) is 6.07 Å². The number of carbonyl (C=O) groups excluding carboxylic acids is 1. The van der Waals surface area contributed by atoms with E-state index in [-0.39, 0.29) is 24.2 Å². The largest absolute Gasteiger partial charge is 0.465 e. The number of carbonyl (C=O) groups is 1. The predicted molar refractivity (Wildman–Crippen MR) is 85.9 cm³/mol. The van der Waals surface area contributed by atoms with Crippen molar-refractivity contribution < 1.29 is 19.0 Å². The highest BCUT2D eigenvalue weighted by Crippen LogP contribution is 2.37. The van der Waals surface area contributed by atoms with Crippen molar-refractivity contribution in [3.63, 3.8) is 0 Å². The molecule has 0 radical (unpaired) electrons. The lowest BCUT2D eigenvalue weighted by Gasteiger charge is -2.29. The molecular formula is C18H22FNO3. The van der Waals surface area contributed by atoms with Gasteiger partial charge in [-0.1, -0.05) is 19.1 Å². The fourth-order valence-corrected chi connectivity index (χ4v) is 3.47. The van der Waals surface area contributed by atoms with E-state index in [0.717, 1.165) is 23.1 Å². The van der Waals surface area contributed by atoms with Crippen molar-refractivity contribution in [3.05, 3.63) is 35.3 Å². The summed E-state index contributed by atoms with van der Waals surface area (Å²) in [6.07, 6.45) is 1.67. The van der Waals surface area contributed by atoms with E-state index in [4.69, 9.17) is 4.74 Å². The Hall–Kier alpha value is -1.88. The molecule has 0 amide bonds. The Kier molecular flexibility index (Phi) is 4.39. The van der Waals surface area contributed by atoms with Crippen LogP contribution >= 0.6 is 0 Å². The van der Waals surface area contributed by atoms with Gasteiger partial charge in [0.1, 0.15) is 5.82 Å². The molecule has 4 nitrogen and oxygen atoms in total. The molecule has 0 fully saturated rings. The second kappa shape index (κ2) is 6.32. The molecule has 23 heavy (non-hydrogen) atoms. The summed E-state index contributed by atoms with van der Waals surface area (Å²) in [5.41, 5.74) is 2.25. The summed E-state index contributed by atoms with van der Waals surface area (Å²) < 4.78 is 21.5. The van der Waals surface area contributed by atoms with E-state index in [1.807, 2.05) is 24.5 Å². The lowest BCUT2D eigenvalue weighted by atomic mass is 9.97. The van der Waals surface area contributed by atoms with Gasteiger partial charge in [-0.05, 0) is 37.8 Å². The van der Waals surface area contributed by atoms with Crippen LogP contribution in [0.4, 0.5) is 4.39 Å². The third kappa shape index (κ3) is 2.74. The number of hydrogen-bond donors (Lipinski definition) is 1. The Bertz CT molecular complexity index is 737. The Morgan fingerprint density at radius 2 is 2.26 bits per heavy atom.